The molecule has 1 fully saturated rings. The van der Waals surface area contributed by atoms with Crippen LogP contribution in [0.3, 0.4) is 0 Å². The fourth-order valence-corrected chi connectivity index (χ4v) is 4.78. The van der Waals surface area contributed by atoms with E-state index in [1.807, 2.05) is 36.4 Å². The molecule has 0 unspecified atom stereocenters. The van der Waals surface area contributed by atoms with Gasteiger partial charge in [0.15, 0.2) is 0 Å². The number of nitrogens with zero attached hydrogens (tertiary/aromatic N) is 2. The first-order valence-corrected chi connectivity index (χ1v) is 11.4. The lowest BCUT2D eigenvalue weighted by Gasteiger charge is -2.35. The second-order valence-corrected chi connectivity index (χ2v) is 10.2. The molecule has 0 aromatic heterocycles. The predicted octanol–water partition coefficient (Wildman–Crippen LogP) is 3.09. The molecule has 0 atom stereocenters. The maximum atomic E-state index is 13.0. The van der Waals surface area contributed by atoms with Crippen LogP contribution in [-0.2, 0) is 16.6 Å². The molecule has 2 aromatic rings. The number of para-hydroxylation sites is 2. The van der Waals surface area contributed by atoms with Gasteiger partial charge in [-0.2, -0.15) is 4.31 Å². The van der Waals surface area contributed by atoms with Crippen LogP contribution in [0.2, 0.25) is 0 Å². The summed E-state index contributed by atoms with van der Waals surface area (Å²) in [5, 5.41) is 3.41. The summed E-state index contributed by atoms with van der Waals surface area (Å²) in [6.45, 7) is 9.20. The molecule has 1 heterocycles. The molecule has 0 aliphatic carbocycles. The van der Waals surface area contributed by atoms with Crippen LogP contribution in [0.1, 0.15) is 26.3 Å². The number of hydrogen-bond donors (Lipinski definition) is 1. The van der Waals surface area contributed by atoms with E-state index >= 15 is 0 Å². The Morgan fingerprint density at radius 3 is 2.17 bits per heavy atom. The molecule has 0 bridgehead atoms. The molecule has 2 aromatic carbocycles. The van der Waals surface area contributed by atoms with E-state index in [1.165, 1.54) is 0 Å². The number of methoxy groups -OCH3 is 1. The Bertz CT molecular complexity index is 913. The van der Waals surface area contributed by atoms with Gasteiger partial charge in [-0.3, -0.25) is 0 Å². The Morgan fingerprint density at radius 2 is 1.59 bits per heavy atom. The maximum Gasteiger partial charge on any atom is 0.243 e. The topological polar surface area (TPSA) is 61.9 Å². The average Bonchev–Trinajstić information content (AvgIpc) is 2.72. The first-order valence-electron chi connectivity index (χ1n) is 9.93. The van der Waals surface area contributed by atoms with E-state index in [0.717, 1.165) is 17.0 Å². The second-order valence-electron chi connectivity index (χ2n) is 8.31. The molecular weight excluding hydrogens is 386 g/mol. The van der Waals surface area contributed by atoms with Gasteiger partial charge in [-0.25, -0.2) is 8.42 Å². The van der Waals surface area contributed by atoms with Crippen LogP contribution < -0.4 is 15.0 Å². The molecule has 1 saturated heterocycles. The predicted molar refractivity (Wildman–Crippen MR) is 117 cm³/mol. The number of rotatable bonds is 6. The fraction of sp³-hybridized carbons (Fsp3) is 0.455. The van der Waals surface area contributed by atoms with E-state index in [9.17, 15) is 8.42 Å². The number of hydrogen-bond acceptors (Lipinski definition) is 5. The van der Waals surface area contributed by atoms with Crippen molar-refractivity contribution in [1.82, 2.24) is 9.62 Å². The SMILES string of the molecule is COc1ccccc1N1CCN(S(=O)(=O)c2ccc(CNC(C)(C)C)cc2)CC1. The van der Waals surface area contributed by atoms with Gasteiger partial charge in [0.05, 0.1) is 17.7 Å². The number of nitrogens with one attached hydrogen (secondary N) is 1. The van der Waals surface area contributed by atoms with E-state index < -0.39 is 10.0 Å². The monoisotopic (exact) mass is 417 g/mol. The minimum Gasteiger partial charge on any atom is -0.495 e. The van der Waals surface area contributed by atoms with Crippen LogP contribution in [0.25, 0.3) is 0 Å². The van der Waals surface area contributed by atoms with Crippen LogP contribution in [-0.4, -0.2) is 51.6 Å². The van der Waals surface area contributed by atoms with Crippen molar-refractivity contribution < 1.29 is 13.2 Å². The van der Waals surface area contributed by atoms with Crippen LogP contribution in [0.15, 0.2) is 53.4 Å². The zero-order chi connectivity index (χ0) is 21.1. The van der Waals surface area contributed by atoms with Gasteiger partial charge in [0.25, 0.3) is 0 Å². The van der Waals surface area contributed by atoms with Crippen molar-refractivity contribution in [3.63, 3.8) is 0 Å². The van der Waals surface area contributed by atoms with Gasteiger partial charge in [-0.1, -0.05) is 24.3 Å². The van der Waals surface area contributed by atoms with Crippen molar-refractivity contribution in [3.8, 4) is 5.75 Å². The van der Waals surface area contributed by atoms with E-state index in [-0.39, 0.29) is 5.54 Å². The smallest absolute Gasteiger partial charge is 0.243 e. The number of sulfonamides is 1. The van der Waals surface area contributed by atoms with Crippen molar-refractivity contribution in [2.45, 2.75) is 37.8 Å². The van der Waals surface area contributed by atoms with Gasteiger partial charge in [-0.15, -0.1) is 0 Å². The van der Waals surface area contributed by atoms with Crippen LogP contribution in [0.5, 0.6) is 5.75 Å². The van der Waals surface area contributed by atoms with Gasteiger partial charge in [0, 0.05) is 38.3 Å². The summed E-state index contributed by atoms with van der Waals surface area (Å²) < 4.78 is 33.1. The summed E-state index contributed by atoms with van der Waals surface area (Å²) in [7, 11) is -1.84. The van der Waals surface area contributed by atoms with E-state index in [0.29, 0.717) is 37.6 Å². The number of piperazine rings is 1. The Labute approximate surface area is 174 Å². The Hall–Kier alpha value is -2.09. The molecule has 3 rings (SSSR count). The molecule has 1 aliphatic heterocycles. The second kappa shape index (κ2) is 8.73. The molecule has 7 heteroatoms. The summed E-state index contributed by atoms with van der Waals surface area (Å²) in [5.41, 5.74) is 2.09. The van der Waals surface area contributed by atoms with Crippen LogP contribution in [0.4, 0.5) is 5.69 Å². The van der Waals surface area contributed by atoms with E-state index in [4.69, 9.17) is 4.74 Å². The maximum absolute atomic E-state index is 13.0. The molecule has 0 radical (unpaired) electrons. The Morgan fingerprint density at radius 1 is 0.966 bits per heavy atom. The molecule has 0 spiro atoms. The quantitative estimate of drug-likeness (QED) is 0.783. The molecule has 6 nitrogen and oxygen atoms in total. The zero-order valence-corrected chi connectivity index (χ0v) is 18.5. The Balaban J connectivity index is 1.65. The van der Waals surface area contributed by atoms with Crippen molar-refractivity contribution in [1.29, 1.82) is 0 Å². The first-order chi connectivity index (χ1) is 13.7. The molecule has 29 heavy (non-hydrogen) atoms. The lowest BCUT2D eigenvalue weighted by Crippen LogP contribution is -2.48. The van der Waals surface area contributed by atoms with Crippen molar-refractivity contribution in [2.24, 2.45) is 0 Å². The highest BCUT2D eigenvalue weighted by molar-refractivity contribution is 7.89. The van der Waals surface area contributed by atoms with Gasteiger partial charge in [0.1, 0.15) is 5.75 Å². The van der Waals surface area contributed by atoms with Gasteiger partial charge < -0.3 is 15.0 Å². The lowest BCUT2D eigenvalue weighted by atomic mass is 10.1. The number of anilines is 1. The largest absolute Gasteiger partial charge is 0.495 e. The zero-order valence-electron chi connectivity index (χ0n) is 17.7. The third-order valence-corrected chi connectivity index (χ3v) is 6.96. The van der Waals surface area contributed by atoms with Gasteiger partial charge in [0.2, 0.25) is 10.0 Å². The summed E-state index contributed by atoms with van der Waals surface area (Å²) in [4.78, 5) is 2.52. The Kier molecular flexibility index (Phi) is 6.51. The third-order valence-electron chi connectivity index (χ3n) is 5.05. The summed E-state index contributed by atoms with van der Waals surface area (Å²) >= 11 is 0. The van der Waals surface area contributed by atoms with Crippen molar-refractivity contribution in [2.75, 3.05) is 38.2 Å². The third kappa shape index (κ3) is 5.29. The summed E-state index contributed by atoms with van der Waals surface area (Å²) in [6.07, 6.45) is 0. The molecule has 0 amide bonds. The highest BCUT2D eigenvalue weighted by Gasteiger charge is 2.29. The normalized spacial score (nSPS) is 16.1. The minimum absolute atomic E-state index is 0.0197. The highest BCUT2D eigenvalue weighted by atomic mass is 32.2. The van der Waals surface area contributed by atoms with Gasteiger partial charge >= 0.3 is 0 Å². The standard InChI is InChI=1S/C22H31N3O3S/c1-22(2,3)23-17-18-9-11-19(12-10-18)29(26,27)25-15-13-24(14-16-25)20-7-5-6-8-21(20)28-4/h5-12,23H,13-17H2,1-4H3. The molecule has 158 valence electrons. The molecule has 1 N–H and O–H groups in total. The molecule has 0 saturated carbocycles. The fourth-order valence-electron chi connectivity index (χ4n) is 3.36. The highest BCUT2D eigenvalue weighted by Crippen LogP contribution is 2.29. The molecule has 1 aliphatic rings. The summed E-state index contributed by atoms with van der Waals surface area (Å²) in [6, 6.07) is 15.0. The average molecular weight is 418 g/mol. The van der Waals surface area contributed by atoms with Crippen molar-refractivity contribution >= 4 is 15.7 Å². The van der Waals surface area contributed by atoms with Gasteiger partial charge in [-0.05, 0) is 50.6 Å². The van der Waals surface area contributed by atoms with E-state index in [1.54, 1.807) is 23.5 Å². The van der Waals surface area contributed by atoms with Crippen LogP contribution in [0, 0.1) is 0 Å². The van der Waals surface area contributed by atoms with E-state index in [2.05, 4.69) is 31.0 Å². The number of ether oxygens (including phenoxy) is 1. The molecular formula is C22H31N3O3S. The van der Waals surface area contributed by atoms with Crippen molar-refractivity contribution in [3.05, 3.63) is 54.1 Å². The lowest BCUT2D eigenvalue weighted by molar-refractivity contribution is 0.378. The minimum atomic E-state index is -3.49. The number of benzene rings is 2. The first kappa shape index (κ1) is 21.6. The van der Waals surface area contributed by atoms with Crippen LogP contribution >= 0.6 is 0 Å². The summed E-state index contributed by atoms with van der Waals surface area (Å²) in [5.74, 6) is 0.809.